The van der Waals surface area contributed by atoms with E-state index in [0.29, 0.717) is 16.6 Å². The van der Waals surface area contributed by atoms with Crippen LogP contribution < -0.4 is 5.32 Å². The molecule has 1 aromatic heterocycles. The van der Waals surface area contributed by atoms with Gasteiger partial charge in [0, 0.05) is 30.4 Å². The largest absolute Gasteiger partial charge is 0.346 e. The number of hydrogen-bond donors (Lipinski definition) is 1. The number of carbonyl (C=O) groups is 1. The van der Waals surface area contributed by atoms with Gasteiger partial charge in [-0.3, -0.25) is 4.79 Å². The second kappa shape index (κ2) is 6.26. The molecule has 2 aromatic rings. The van der Waals surface area contributed by atoms with Crippen molar-refractivity contribution in [1.29, 1.82) is 0 Å². The highest BCUT2D eigenvalue weighted by molar-refractivity contribution is 6.30. The molecule has 5 rings (SSSR count). The van der Waals surface area contributed by atoms with E-state index in [1.807, 2.05) is 48.0 Å². The maximum Gasteiger partial charge on any atom is 0.268 e. The fourth-order valence-corrected chi connectivity index (χ4v) is 4.15. The summed E-state index contributed by atoms with van der Waals surface area (Å²) < 4.78 is 1.96. The van der Waals surface area contributed by atoms with Crippen molar-refractivity contribution in [2.75, 3.05) is 19.6 Å². The molecule has 5 heteroatoms. The van der Waals surface area contributed by atoms with Crippen molar-refractivity contribution in [2.45, 2.75) is 18.9 Å². The second-order valence-corrected chi connectivity index (χ2v) is 7.32. The van der Waals surface area contributed by atoms with Crippen LogP contribution >= 0.6 is 11.6 Å². The average molecular weight is 344 g/mol. The predicted octanol–water partition coefficient (Wildman–Crippen LogP) is 3.17. The summed E-state index contributed by atoms with van der Waals surface area (Å²) in [5.74, 6) is 0.659. The number of nitrogens with one attached hydrogen (secondary N) is 1. The molecule has 0 radical (unpaired) electrons. The van der Waals surface area contributed by atoms with Gasteiger partial charge in [0.25, 0.3) is 5.91 Å². The summed E-state index contributed by atoms with van der Waals surface area (Å²) in [7, 11) is 1.94. The first-order chi connectivity index (χ1) is 11.6. The summed E-state index contributed by atoms with van der Waals surface area (Å²) >= 11 is 5.96. The number of nitrogens with zero attached hydrogens (tertiary/aromatic N) is 2. The van der Waals surface area contributed by atoms with Crippen LogP contribution in [0.3, 0.4) is 0 Å². The summed E-state index contributed by atoms with van der Waals surface area (Å²) in [6.45, 7) is 3.36. The quantitative estimate of drug-likeness (QED) is 0.929. The molecule has 24 heavy (non-hydrogen) atoms. The Hall–Kier alpha value is -1.78. The highest BCUT2D eigenvalue weighted by atomic mass is 35.5. The molecule has 3 aliphatic rings. The number of rotatable bonds is 3. The SMILES string of the molecule is Cn1c(C(=O)N[C@H]2CN3CCC2CC3)ccc1-c1ccc(Cl)cc1. The van der Waals surface area contributed by atoms with Crippen molar-refractivity contribution in [3.8, 4) is 11.3 Å². The molecule has 0 aliphatic carbocycles. The van der Waals surface area contributed by atoms with Crippen LogP contribution in [0.2, 0.25) is 5.02 Å². The van der Waals surface area contributed by atoms with Crippen LogP contribution in [0.1, 0.15) is 23.3 Å². The van der Waals surface area contributed by atoms with E-state index in [9.17, 15) is 4.79 Å². The number of halogens is 1. The van der Waals surface area contributed by atoms with Gasteiger partial charge in [-0.25, -0.2) is 0 Å². The lowest BCUT2D eigenvalue weighted by Crippen LogP contribution is -2.57. The van der Waals surface area contributed by atoms with Crippen LogP contribution in [0, 0.1) is 5.92 Å². The number of piperidine rings is 3. The highest BCUT2D eigenvalue weighted by Gasteiger charge is 2.35. The number of aromatic nitrogens is 1. The Morgan fingerprint density at radius 3 is 2.46 bits per heavy atom. The van der Waals surface area contributed by atoms with E-state index >= 15 is 0 Å². The number of benzene rings is 1. The van der Waals surface area contributed by atoms with Crippen LogP contribution in [0.5, 0.6) is 0 Å². The topological polar surface area (TPSA) is 37.3 Å². The average Bonchev–Trinajstić information content (AvgIpc) is 2.98. The van der Waals surface area contributed by atoms with E-state index < -0.39 is 0 Å². The van der Waals surface area contributed by atoms with Crippen molar-refractivity contribution >= 4 is 17.5 Å². The van der Waals surface area contributed by atoms with E-state index in [1.54, 1.807) is 0 Å². The molecular weight excluding hydrogens is 322 g/mol. The number of hydrogen-bond acceptors (Lipinski definition) is 2. The Morgan fingerprint density at radius 1 is 1.12 bits per heavy atom. The first-order valence-corrected chi connectivity index (χ1v) is 8.94. The molecule has 3 saturated heterocycles. The van der Waals surface area contributed by atoms with Crippen molar-refractivity contribution < 1.29 is 4.79 Å². The Kier molecular flexibility index (Phi) is 4.10. The van der Waals surface area contributed by atoms with E-state index in [0.717, 1.165) is 17.8 Å². The first kappa shape index (κ1) is 15.7. The van der Waals surface area contributed by atoms with Gasteiger partial charge in [-0.1, -0.05) is 23.7 Å². The van der Waals surface area contributed by atoms with Gasteiger partial charge in [-0.2, -0.15) is 0 Å². The third kappa shape index (κ3) is 2.85. The minimum atomic E-state index is 0.0245. The monoisotopic (exact) mass is 343 g/mol. The van der Waals surface area contributed by atoms with Gasteiger partial charge in [0.1, 0.15) is 5.69 Å². The molecule has 3 fully saturated rings. The van der Waals surface area contributed by atoms with Crippen LogP contribution in [-0.2, 0) is 7.05 Å². The standard InChI is InChI=1S/C19H22ClN3O/c1-22-17(14-2-4-15(20)5-3-14)6-7-18(22)19(24)21-16-12-23-10-8-13(16)9-11-23/h2-7,13,16H,8-12H2,1H3,(H,21,24)/t16-/m0/s1. The number of carbonyl (C=O) groups excluding carboxylic acids is 1. The number of amides is 1. The molecule has 4 heterocycles. The fraction of sp³-hybridized carbons (Fsp3) is 0.421. The maximum atomic E-state index is 12.7. The van der Waals surface area contributed by atoms with Crippen LogP contribution in [0.15, 0.2) is 36.4 Å². The second-order valence-electron chi connectivity index (χ2n) is 6.89. The predicted molar refractivity (Wildman–Crippen MR) is 96.3 cm³/mol. The molecular formula is C19H22ClN3O. The molecule has 0 unspecified atom stereocenters. The zero-order chi connectivity index (χ0) is 16.7. The molecule has 0 saturated carbocycles. The summed E-state index contributed by atoms with van der Waals surface area (Å²) in [5, 5.41) is 3.97. The summed E-state index contributed by atoms with van der Waals surface area (Å²) in [4.78, 5) is 15.2. The lowest BCUT2D eigenvalue weighted by Gasteiger charge is -2.44. The van der Waals surface area contributed by atoms with E-state index in [4.69, 9.17) is 11.6 Å². The van der Waals surface area contributed by atoms with Crippen molar-refractivity contribution in [1.82, 2.24) is 14.8 Å². The number of fused-ring (bicyclic) bond motifs is 3. The van der Waals surface area contributed by atoms with Gasteiger partial charge in [0.05, 0.1) is 0 Å². The summed E-state index contributed by atoms with van der Waals surface area (Å²) in [6, 6.07) is 11.9. The van der Waals surface area contributed by atoms with E-state index in [1.165, 1.54) is 25.9 Å². The van der Waals surface area contributed by atoms with E-state index in [-0.39, 0.29) is 11.9 Å². The van der Waals surface area contributed by atoms with Gasteiger partial charge in [-0.05, 0) is 61.7 Å². The molecule has 0 spiro atoms. The molecule has 1 aromatic carbocycles. The van der Waals surface area contributed by atoms with Crippen molar-refractivity contribution in [3.05, 3.63) is 47.1 Å². The minimum Gasteiger partial charge on any atom is -0.346 e. The van der Waals surface area contributed by atoms with Crippen molar-refractivity contribution in [3.63, 3.8) is 0 Å². The first-order valence-electron chi connectivity index (χ1n) is 8.57. The van der Waals surface area contributed by atoms with Gasteiger partial charge >= 0.3 is 0 Å². The van der Waals surface area contributed by atoms with E-state index in [2.05, 4.69) is 10.2 Å². The molecule has 1 N–H and O–H groups in total. The van der Waals surface area contributed by atoms with Crippen LogP contribution in [-0.4, -0.2) is 41.1 Å². The Balaban J connectivity index is 1.52. The maximum absolute atomic E-state index is 12.7. The van der Waals surface area contributed by atoms with Crippen molar-refractivity contribution in [2.24, 2.45) is 13.0 Å². The molecule has 2 bridgehead atoms. The molecule has 1 atom stereocenters. The van der Waals surface area contributed by atoms with Gasteiger partial charge in [0.15, 0.2) is 0 Å². The lowest BCUT2D eigenvalue weighted by atomic mass is 9.84. The molecule has 1 amide bonds. The lowest BCUT2D eigenvalue weighted by molar-refractivity contribution is 0.0616. The van der Waals surface area contributed by atoms with Gasteiger partial charge < -0.3 is 14.8 Å². The fourth-order valence-electron chi connectivity index (χ4n) is 4.02. The van der Waals surface area contributed by atoms with Gasteiger partial charge in [0.2, 0.25) is 0 Å². The summed E-state index contributed by atoms with van der Waals surface area (Å²) in [5.41, 5.74) is 2.78. The smallest absolute Gasteiger partial charge is 0.268 e. The zero-order valence-corrected chi connectivity index (χ0v) is 14.6. The summed E-state index contributed by atoms with van der Waals surface area (Å²) in [6.07, 6.45) is 2.40. The molecule has 126 valence electrons. The van der Waals surface area contributed by atoms with Crippen LogP contribution in [0.4, 0.5) is 0 Å². The third-order valence-electron chi connectivity index (χ3n) is 5.47. The van der Waals surface area contributed by atoms with Gasteiger partial charge in [-0.15, -0.1) is 0 Å². The Bertz CT molecular complexity index is 744. The normalized spacial score (nSPS) is 25.7. The molecule has 4 nitrogen and oxygen atoms in total. The zero-order valence-electron chi connectivity index (χ0n) is 13.8. The Labute approximate surface area is 147 Å². The Morgan fingerprint density at radius 2 is 1.83 bits per heavy atom. The highest BCUT2D eigenvalue weighted by Crippen LogP contribution is 2.28. The molecule has 3 aliphatic heterocycles. The van der Waals surface area contributed by atoms with Crippen LogP contribution in [0.25, 0.3) is 11.3 Å². The minimum absolute atomic E-state index is 0.0245. The third-order valence-corrected chi connectivity index (χ3v) is 5.72.